The van der Waals surface area contributed by atoms with Crippen molar-refractivity contribution in [1.29, 1.82) is 0 Å². The zero-order valence-electron chi connectivity index (χ0n) is 9.83. The molecule has 1 heterocycles. The van der Waals surface area contributed by atoms with Crippen LogP contribution < -0.4 is 4.74 Å². The Kier molecular flexibility index (Phi) is 2.47. The van der Waals surface area contributed by atoms with Crippen LogP contribution in [0.1, 0.15) is 38.2 Å². The third-order valence-corrected chi connectivity index (χ3v) is 3.95. The molecule has 1 unspecified atom stereocenters. The van der Waals surface area contributed by atoms with Crippen LogP contribution in [-0.2, 0) is 0 Å². The molecule has 1 saturated carbocycles. The Morgan fingerprint density at radius 3 is 3.00 bits per heavy atom. The molecular weight excluding hydrogens is 196 g/mol. The Bertz CT molecular complexity index is 431. The Hall–Kier alpha value is -1.24. The summed E-state index contributed by atoms with van der Waals surface area (Å²) in [5.74, 6) is 1.74. The number of hydrogen-bond donors (Lipinski definition) is 0. The summed E-state index contributed by atoms with van der Waals surface area (Å²) in [6, 6.07) is 8.45. The molecule has 0 amide bonds. The highest BCUT2D eigenvalue weighted by Gasteiger charge is 2.25. The molecule has 1 atom stereocenters. The van der Waals surface area contributed by atoms with Crippen molar-refractivity contribution < 1.29 is 4.74 Å². The molecule has 2 aliphatic rings. The molecule has 3 rings (SSSR count). The second-order valence-electron chi connectivity index (χ2n) is 4.90. The predicted octanol–water partition coefficient (Wildman–Crippen LogP) is 4.04. The standard InChI is InChI=1S/C15H18O/c1-11-13-7-3-2-6-12(13)10-16-15-9-5-4-8-14(11)15/h4-5,8-9,12H,2-3,6-7,10H2,1H3. The van der Waals surface area contributed by atoms with Gasteiger partial charge in [-0.05, 0) is 37.8 Å². The second-order valence-corrected chi connectivity index (χ2v) is 4.90. The Labute approximate surface area is 97.1 Å². The summed E-state index contributed by atoms with van der Waals surface area (Å²) < 4.78 is 5.95. The van der Waals surface area contributed by atoms with Crippen molar-refractivity contribution in [3.63, 3.8) is 0 Å². The molecule has 1 aromatic carbocycles. The molecule has 16 heavy (non-hydrogen) atoms. The summed E-state index contributed by atoms with van der Waals surface area (Å²) in [7, 11) is 0. The highest BCUT2D eigenvalue weighted by atomic mass is 16.5. The summed E-state index contributed by atoms with van der Waals surface area (Å²) >= 11 is 0. The third kappa shape index (κ3) is 1.55. The molecule has 84 valence electrons. The van der Waals surface area contributed by atoms with Gasteiger partial charge in [-0.2, -0.15) is 0 Å². The van der Waals surface area contributed by atoms with Crippen LogP contribution in [0, 0.1) is 5.92 Å². The van der Waals surface area contributed by atoms with E-state index in [0.29, 0.717) is 5.92 Å². The van der Waals surface area contributed by atoms with Crippen LogP contribution in [-0.4, -0.2) is 6.61 Å². The van der Waals surface area contributed by atoms with Crippen LogP contribution in [0.2, 0.25) is 0 Å². The van der Waals surface area contributed by atoms with E-state index in [4.69, 9.17) is 4.74 Å². The van der Waals surface area contributed by atoms with E-state index in [1.165, 1.54) is 36.8 Å². The van der Waals surface area contributed by atoms with Gasteiger partial charge >= 0.3 is 0 Å². The van der Waals surface area contributed by atoms with E-state index >= 15 is 0 Å². The van der Waals surface area contributed by atoms with Gasteiger partial charge in [0.15, 0.2) is 0 Å². The molecule has 0 radical (unpaired) electrons. The lowest BCUT2D eigenvalue weighted by atomic mass is 9.81. The van der Waals surface area contributed by atoms with Crippen molar-refractivity contribution in [3.05, 3.63) is 35.4 Å². The lowest BCUT2D eigenvalue weighted by Gasteiger charge is -2.24. The normalized spacial score (nSPS) is 24.2. The number of rotatable bonds is 0. The lowest BCUT2D eigenvalue weighted by Crippen LogP contribution is -2.17. The zero-order chi connectivity index (χ0) is 11.0. The van der Waals surface area contributed by atoms with Gasteiger partial charge in [0.2, 0.25) is 0 Å². The summed E-state index contributed by atoms with van der Waals surface area (Å²) in [4.78, 5) is 0. The number of para-hydroxylation sites is 1. The van der Waals surface area contributed by atoms with E-state index in [1.54, 1.807) is 5.57 Å². The SMILES string of the molecule is CC1=C2CCCCC2COc2ccccc21. The first-order valence-corrected chi connectivity index (χ1v) is 6.28. The number of allylic oxidation sites excluding steroid dienone is 1. The van der Waals surface area contributed by atoms with E-state index in [9.17, 15) is 0 Å². The van der Waals surface area contributed by atoms with Gasteiger partial charge in [0, 0.05) is 11.5 Å². The Morgan fingerprint density at radius 1 is 1.19 bits per heavy atom. The van der Waals surface area contributed by atoms with Gasteiger partial charge in [-0.3, -0.25) is 0 Å². The van der Waals surface area contributed by atoms with Gasteiger partial charge in [0.25, 0.3) is 0 Å². The number of benzene rings is 1. The van der Waals surface area contributed by atoms with Crippen molar-refractivity contribution >= 4 is 5.57 Å². The van der Waals surface area contributed by atoms with Crippen molar-refractivity contribution in [1.82, 2.24) is 0 Å². The van der Waals surface area contributed by atoms with Crippen LogP contribution in [0.5, 0.6) is 5.75 Å². The van der Waals surface area contributed by atoms with Gasteiger partial charge in [0.05, 0.1) is 6.61 Å². The molecule has 0 spiro atoms. The first kappa shape index (κ1) is 9.95. The van der Waals surface area contributed by atoms with Crippen LogP contribution in [0.25, 0.3) is 5.57 Å². The Morgan fingerprint density at radius 2 is 2.06 bits per heavy atom. The minimum atomic E-state index is 0.668. The highest BCUT2D eigenvalue weighted by molar-refractivity contribution is 5.72. The average molecular weight is 214 g/mol. The molecule has 1 aliphatic carbocycles. The molecule has 1 heteroatoms. The van der Waals surface area contributed by atoms with Crippen LogP contribution in [0.4, 0.5) is 0 Å². The second kappa shape index (κ2) is 3.97. The van der Waals surface area contributed by atoms with E-state index < -0.39 is 0 Å². The smallest absolute Gasteiger partial charge is 0.126 e. The number of fused-ring (bicyclic) bond motifs is 2. The summed E-state index contributed by atoms with van der Waals surface area (Å²) in [5, 5.41) is 0. The Balaban J connectivity index is 2.10. The largest absolute Gasteiger partial charge is 0.492 e. The molecular formula is C15H18O. The fraction of sp³-hybridized carbons (Fsp3) is 0.467. The van der Waals surface area contributed by atoms with E-state index in [2.05, 4.69) is 31.2 Å². The van der Waals surface area contributed by atoms with Gasteiger partial charge in [-0.25, -0.2) is 0 Å². The van der Waals surface area contributed by atoms with Crippen molar-refractivity contribution in [2.24, 2.45) is 5.92 Å². The fourth-order valence-electron chi connectivity index (χ4n) is 3.03. The quantitative estimate of drug-likeness (QED) is 0.633. The van der Waals surface area contributed by atoms with E-state index in [0.717, 1.165) is 12.4 Å². The molecule has 1 aliphatic heterocycles. The van der Waals surface area contributed by atoms with Crippen LogP contribution in [0.15, 0.2) is 29.8 Å². The van der Waals surface area contributed by atoms with Gasteiger partial charge < -0.3 is 4.74 Å². The maximum Gasteiger partial charge on any atom is 0.126 e. The minimum Gasteiger partial charge on any atom is -0.492 e. The summed E-state index contributed by atoms with van der Waals surface area (Å²) in [6.45, 7) is 3.14. The van der Waals surface area contributed by atoms with E-state index in [-0.39, 0.29) is 0 Å². The molecule has 0 aromatic heterocycles. The van der Waals surface area contributed by atoms with Crippen LogP contribution >= 0.6 is 0 Å². The third-order valence-electron chi connectivity index (χ3n) is 3.95. The maximum absolute atomic E-state index is 5.95. The highest BCUT2D eigenvalue weighted by Crippen LogP contribution is 2.40. The maximum atomic E-state index is 5.95. The predicted molar refractivity (Wildman–Crippen MR) is 66.5 cm³/mol. The van der Waals surface area contributed by atoms with E-state index in [1.807, 2.05) is 0 Å². The van der Waals surface area contributed by atoms with Gasteiger partial charge in [0.1, 0.15) is 5.75 Å². The van der Waals surface area contributed by atoms with Crippen LogP contribution in [0.3, 0.4) is 0 Å². The van der Waals surface area contributed by atoms with Crippen molar-refractivity contribution in [2.45, 2.75) is 32.6 Å². The summed E-state index contributed by atoms with van der Waals surface area (Å²) in [6.07, 6.45) is 5.29. The molecule has 1 fully saturated rings. The topological polar surface area (TPSA) is 9.23 Å². The van der Waals surface area contributed by atoms with Crippen molar-refractivity contribution in [2.75, 3.05) is 6.61 Å². The summed E-state index contributed by atoms with van der Waals surface area (Å²) in [5.41, 5.74) is 4.43. The fourth-order valence-corrected chi connectivity index (χ4v) is 3.03. The molecule has 1 aromatic rings. The monoisotopic (exact) mass is 214 g/mol. The van der Waals surface area contributed by atoms with Gasteiger partial charge in [-0.1, -0.05) is 30.2 Å². The number of ether oxygens (including phenoxy) is 1. The zero-order valence-corrected chi connectivity index (χ0v) is 9.83. The molecule has 0 saturated heterocycles. The molecule has 0 bridgehead atoms. The van der Waals surface area contributed by atoms with Gasteiger partial charge in [-0.15, -0.1) is 0 Å². The first-order valence-electron chi connectivity index (χ1n) is 6.28. The van der Waals surface area contributed by atoms with Crippen molar-refractivity contribution in [3.8, 4) is 5.75 Å². The molecule has 1 nitrogen and oxygen atoms in total. The lowest BCUT2D eigenvalue weighted by molar-refractivity contribution is 0.250. The first-order chi connectivity index (χ1) is 7.86. The minimum absolute atomic E-state index is 0.668. The number of hydrogen-bond acceptors (Lipinski definition) is 1. The molecule has 0 N–H and O–H groups in total. The average Bonchev–Trinajstić information content (AvgIpc) is 2.49.